The van der Waals surface area contributed by atoms with Crippen molar-refractivity contribution in [1.29, 1.82) is 0 Å². The monoisotopic (exact) mass is 366 g/mol. The highest BCUT2D eigenvalue weighted by Gasteiger charge is 2.33. The average Bonchev–Trinajstić information content (AvgIpc) is 3.42. The largest absolute Gasteiger partial charge is 0.493 e. The molecule has 1 fully saturated rings. The molecule has 1 unspecified atom stereocenters. The Morgan fingerprint density at radius 3 is 3.00 bits per heavy atom. The minimum atomic E-state index is -0.0780. The van der Waals surface area contributed by atoms with E-state index in [0.717, 1.165) is 35.6 Å². The molecule has 27 heavy (non-hydrogen) atoms. The van der Waals surface area contributed by atoms with E-state index in [-0.39, 0.29) is 11.9 Å². The van der Waals surface area contributed by atoms with Gasteiger partial charge in [-0.15, -0.1) is 0 Å². The summed E-state index contributed by atoms with van der Waals surface area (Å²) < 4.78 is 10.9. The number of H-pyrrole nitrogens is 1. The van der Waals surface area contributed by atoms with Crippen molar-refractivity contribution in [2.75, 3.05) is 13.2 Å². The summed E-state index contributed by atoms with van der Waals surface area (Å²) >= 11 is 0. The summed E-state index contributed by atoms with van der Waals surface area (Å²) in [7, 11) is 0. The van der Waals surface area contributed by atoms with Crippen molar-refractivity contribution in [1.82, 2.24) is 20.3 Å². The molecule has 0 saturated carbocycles. The fraction of sp³-hybridized carbons (Fsp3) is 0.350. The lowest BCUT2D eigenvalue weighted by Crippen LogP contribution is -2.31. The van der Waals surface area contributed by atoms with Crippen molar-refractivity contribution in [3.63, 3.8) is 0 Å². The maximum absolute atomic E-state index is 13.1. The molecular formula is C20H22N4O3. The van der Waals surface area contributed by atoms with Crippen molar-refractivity contribution >= 4 is 5.91 Å². The van der Waals surface area contributed by atoms with Gasteiger partial charge in [0.2, 0.25) is 0 Å². The zero-order valence-corrected chi connectivity index (χ0v) is 15.4. The van der Waals surface area contributed by atoms with Gasteiger partial charge in [-0.05, 0) is 44.9 Å². The Labute approximate surface area is 157 Å². The Morgan fingerprint density at radius 2 is 2.22 bits per heavy atom. The van der Waals surface area contributed by atoms with Crippen LogP contribution in [0.15, 0.2) is 40.9 Å². The van der Waals surface area contributed by atoms with Crippen molar-refractivity contribution in [2.24, 2.45) is 0 Å². The summed E-state index contributed by atoms with van der Waals surface area (Å²) in [5.41, 5.74) is 2.82. The van der Waals surface area contributed by atoms with E-state index >= 15 is 0 Å². The second kappa shape index (κ2) is 7.26. The van der Waals surface area contributed by atoms with Crippen LogP contribution in [0, 0.1) is 6.92 Å². The minimum Gasteiger partial charge on any atom is -0.493 e. The number of amides is 1. The number of aromatic amines is 1. The van der Waals surface area contributed by atoms with Gasteiger partial charge >= 0.3 is 0 Å². The summed E-state index contributed by atoms with van der Waals surface area (Å²) in [6.07, 6.45) is 1.82. The quantitative estimate of drug-likeness (QED) is 0.743. The van der Waals surface area contributed by atoms with Crippen LogP contribution in [0.3, 0.4) is 0 Å². The van der Waals surface area contributed by atoms with Crippen molar-refractivity contribution in [3.8, 4) is 17.0 Å². The van der Waals surface area contributed by atoms with Crippen LogP contribution >= 0.6 is 0 Å². The molecule has 3 heterocycles. The van der Waals surface area contributed by atoms with Crippen molar-refractivity contribution in [2.45, 2.75) is 32.7 Å². The number of nitrogens with one attached hydrogen (secondary N) is 1. The fourth-order valence-electron chi connectivity index (χ4n) is 3.54. The molecule has 3 aromatic rings. The van der Waals surface area contributed by atoms with Crippen LogP contribution in [-0.2, 0) is 0 Å². The van der Waals surface area contributed by atoms with E-state index in [1.807, 2.05) is 49.1 Å². The highest BCUT2D eigenvalue weighted by molar-refractivity contribution is 5.94. The summed E-state index contributed by atoms with van der Waals surface area (Å²) in [4.78, 5) is 14.9. The number of carbonyl (C=O) groups excluding carboxylic acids is 1. The third-order valence-corrected chi connectivity index (χ3v) is 4.77. The lowest BCUT2D eigenvalue weighted by atomic mass is 10.1. The van der Waals surface area contributed by atoms with Crippen LogP contribution in [0.5, 0.6) is 5.75 Å². The number of benzene rings is 1. The minimum absolute atomic E-state index is 0.0580. The standard InChI is InChI=1S/C20H22N4O3/c1-3-26-19-9-5-4-7-14(19)15-12-17(22-21-15)20(25)24-10-6-8-18(24)16-11-13(2)27-23-16/h4-5,7,9,11-12,18H,3,6,8,10H2,1-2H3,(H,21,22). The molecule has 0 radical (unpaired) electrons. The van der Waals surface area contributed by atoms with Crippen LogP contribution in [0.25, 0.3) is 11.3 Å². The molecule has 4 rings (SSSR count). The van der Waals surface area contributed by atoms with Gasteiger partial charge in [0.1, 0.15) is 22.9 Å². The topological polar surface area (TPSA) is 84.2 Å². The van der Waals surface area contributed by atoms with Gasteiger partial charge in [0, 0.05) is 18.2 Å². The first-order valence-corrected chi connectivity index (χ1v) is 9.19. The maximum Gasteiger partial charge on any atom is 0.272 e. The molecule has 2 aromatic heterocycles. The van der Waals surface area contributed by atoms with E-state index in [4.69, 9.17) is 9.26 Å². The summed E-state index contributed by atoms with van der Waals surface area (Å²) in [5.74, 6) is 1.43. The maximum atomic E-state index is 13.1. The highest BCUT2D eigenvalue weighted by atomic mass is 16.5. The van der Waals surface area contributed by atoms with Gasteiger partial charge in [-0.3, -0.25) is 9.89 Å². The van der Waals surface area contributed by atoms with E-state index in [2.05, 4.69) is 15.4 Å². The molecule has 7 heteroatoms. The fourth-order valence-corrected chi connectivity index (χ4v) is 3.54. The summed E-state index contributed by atoms with van der Waals surface area (Å²) in [5, 5.41) is 11.3. The number of carbonyl (C=O) groups is 1. The normalized spacial score (nSPS) is 16.7. The van der Waals surface area contributed by atoms with Crippen molar-refractivity contribution < 1.29 is 14.1 Å². The molecule has 1 atom stereocenters. The number of likely N-dealkylation sites (tertiary alicyclic amines) is 1. The number of hydrogen-bond donors (Lipinski definition) is 1. The van der Waals surface area contributed by atoms with Gasteiger partial charge in [0.05, 0.1) is 18.3 Å². The van der Waals surface area contributed by atoms with Gasteiger partial charge in [-0.25, -0.2) is 0 Å². The Kier molecular flexibility index (Phi) is 4.66. The zero-order valence-electron chi connectivity index (χ0n) is 15.4. The highest BCUT2D eigenvalue weighted by Crippen LogP contribution is 2.34. The van der Waals surface area contributed by atoms with E-state index in [9.17, 15) is 4.79 Å². The lowest BCUT2D eigenvalue weighted by Gasteiger charge is -2.22. The average molecular weight is 366 g/mol. The summed E-state index contributed by atoms with van der Waals surface area (Å²) in [6.45, 7) is 5.06. The molecule has 140 valence electrons. The third kappa shape index (κ3) is 3.32. The van der Waals surface area contributed by atoms with Crippen LogP contribution in [0.2, 0.25) is 0 Å². The lowest BCUT2D eigenvalue weighted by molar-refractivity contribution is 0.0725. The molecule has 7 nitrogen and oxygen atoms in total. The molecule has 1 saturated heterocycles. The number of nitrogens with zero attached hydrogens (tertiary/aromatic N) is 3. The number of hydrogen-bond acceptors (Lipinski definition) is 5. The van der Waals surface area contributed by atoms with Crippen LogP contribution in [0.4, 0.5) is 0 Å². The Hall–Kier alpha value is -3.09. The first-order valence-electron chi connectivity index (χ1n) is 9.19. The van der Waals surface area contributed by atoms with Gasteiger partial charge in [-0.1, -0.05) is 17.3 Å². The molecule has 1 N–H and O–H groups in total. The molecular weight excluding hydrogens is 344 g/mol. The molecule has 0 aliphatic carbocycles. The number of rotatable bonds is 5. The van der Waals surface area contributed by atoms with Crippen LogP contribution in [-0.4, -0.2) is 39.3 Å². The van der Waals surface area contributed by atoms with E-state index in [1.165, 1.54) is 0 Å². The van der Waals surface area contributed by atoms with E-state index < -0.39 is 0 Å². The van der Waals surface area contributed by atoms with Crippen LogP contribution < -0.4 is 4.74 Å². The second-order valence-corrected chi connectivity index (χ2v) is 6.62. The predicted octanol–water partition coefficient (Wildman–Crippen LogP) is 3.75. The number of aryl methyl sites for hydroxylation is 1. The van der Waals surface area contributed by atoms with Gasteiger partial charge in [0.25, 0.3) is 5.91 Å². The Bertz CT molecular complexity index is 946. The first kappa shape index (κ1) is 17.3. The third-order valence-electron chi connectivity index (χ3n) is 4.77. The number of aromatic nitrogens is 3. The number of ether oxygens (including phenoxy) is 1. The Balaban J connectivity index is 1.59. The smallest absolute Gasteiger partial charge is 0.272 e. The van der Waals surface area contributed by atoms with E-state index in [1.54, 1.807) is 6.07 Å². The molecule has 0 spiro atoms. The van der Waals surface area contributed by atoms with E-state index in [0.29, 0.717) is 24.5 Å². The zero-order chi connectivity index (χ0) is 18.8. The number of para-hydroxylation sites is 1. The first-order chi connectivity index (χ1) is 13.2. The molecule has 1 amide bonds. The van der Waals surface area contributed by atoms with Gasteiger partial charge in [0.15, 0.2) is 0 Å². The van der Waals surface area contributed by atoms with Crippen LogP contribution in [0.1, 0.15) is 47.7 Å². The molecule has 0 bridgehead atoms. The SMILES string of the molecule is CCOc1ccccc1-c1cc(C(=O)N2CCCC2c2cc(C)on2)[nH]n1. The van der Waals surface area contributed by atoms with Gasteiger partial charge < -0.3 is 14.2 Å². The Morgan fingerprint density at radius 1 is 1.37 bits per heavy atom. The summed E-state index contributed by atoms with van der Waals surface area (Å²) in [6, 6.07) is 11.3. The predicted molar refractivity (Wildman–Crippen MR) is 99.4 cm³/mol. The van der Waals surface area contributed by atoms with Crippen molar-refractivity contribution in [3.05, 3.63) is 53.5 Å². The molecule has 1 aliphatic rings. The molecule has 1 aliphatic heterocycles. The second-order valence-electron chi connectivity index (χ2n) is 6.62. The van der Waals surface area contributed by atoms with Gasteiger partial charge in [-0.2, -0.15) is 5.10 Å². The molecule has 1 aromatic carbocycles.